The molecule has 1 aromatic heterocycles. The zero-order valence-electron chi connectivity index (χ0n) is 10.3. The SMILES string of the molecule is CCc1cc(S(=O)(=O)O)ccc1C.c1ccsc1. The van der Waals surface area contributed by atoms with Gasteiger partial charge in [-0.05, 0) is 47.4 Å². The average Bonchev–Trinajstić information content (AvgIpc) is 2.86. The number of rotatable bonds is 2. The van der Waals surface area contributed by atoms with Crippen molar-refractivity contribution in [3.8, 4) is 0 Å². The summed E-state index contributed by atoms with van der Waals surface area (Å²) >= 11 is 1.71. The molecule has 0 unspecified atom stereocenters. The van der Waals surface area contributed by atoms with E-state index in [-0.39, 0.29) is 4.90 Å². The molecular weight excluding hydrogens is 268 g/mol. The highest BCUT2D eigenvalue weighted by Gasteiger charge is 2.10. The fourth-order valence-corrected chi connectivity index (χ4v) is 2.40. The summed E-state index contributed by atoms with van der Waals surface area (Å²) in [4.78, 5) is -0.0325. The Morgan fingerprint density at radius 1 is 1.22 bits per heavy atom. The highest BCUT2D eigenvalue weighted by molar-refractivity contribution is 7.85. The molecule has 0 spiro atoms. The summed E-state index contributed by atoms with van der Waals surface area (Å²) in [5.41, 5.74) is 1.98. The van der Waals surface area contributed by atoms with Gasteiger partial charge in [0.25, 0.3) is 10.1 Å². The molecule has 0 bridgehead atoms. The van der Waals surface area contributed by atoms with Crippen LogP contribution >= 0.6 is 11.3 Å². The van der Waals surface area contributed by atoms with Gasteiger partial charge in [-0.25, -0.2) is 0 Å². The van der Waals surface area contributed by atoms with Crippen molar-refractivity contribution in [3.63, 3.8) is 0 Å². The van der Waals surface area contributed by atoms with Gasteiger partial charge in [-0.2, -0.15) is 19.8 Å². The number of aryl methyl sites for hydroxylation is 2. The van der Waals surface area contributed by atoms with Gasteiger partial charge in [-0.15, -0.1) is 0 Å². The second-order valence-corrected chi connectivity index (χ2v) is 5.95. The van der Waals surface area contributed by atoms with Crippen LogP contribution in [0.1, 0.15) is 18.1 Å². The van der Waals surface area contributed by atoms with Crippen molar-refractivity contribution in [2.75, 3.05) is 0 Å². The van der Waals surface area contributed by atoms with E-state index in [9.17, 15) is 8.42 Å². The van der Waals surface area contributed by atoms with E-state index >= 15 is 0 Å². The van der Waals surface area contributed by atoms with Crippen molar-refractivity contribution in [2.45, 2.75) is 25.2 Å². The lowest BCUT2D eigenvalue weighted by molar-refractivity contribution is 0.483. The van der Waals surface area contributed by atoms with Crippen LogP contribution in [0, 0.1) is 6.92 Å². The van der Waals surface area contributed by atoms with Crippen molar-refractivity contribution < 1.29 is 13.0 Å². The van der Waals surface area contributed by atoms with Crippen molar-refractivity contribution in [2.24, 2.45) is 0 Å². The van der Waals surface area contributed by atoms with Crippen molar-refractivity contribution in [1.29, 1.82) is 0 Å². The van der Waals surface area contributed by atoms with Crippen LogP contribution in [-0.2, 0) is 16.5 Å². The minimum absolute atomic E-state index is 0.0325. The van der Waals surface area contributed by atoms with Gasteiger partial charge >= 0.3 is 0 Å². The van der Waals surface area contributed by atoms with Gasteiger partial charge in [0, 0.05) is 0 Å². The van der Waals surface area contributed by atoms with Gasteiger partial charge < -0.3 is 0 Å². The van der Waals surface area contributed by atoms with Crippen molar-refractivity contribution >= 4 is 21.5 Å². The molecule has 3 nitrogen and oxygen atoms in total. The predicted octanol–water partition coefficient (Wildman–Crippen LogP) is 3.55. The van der Waals surface area contributed by atoms with E-state index in [0.717, 1.165) is 17.5 Å². The molecule has 0 aliphatic heterocycles. The van der Waals surface area contributed by atoms with Crippen LogP contribution in [0.15, 0.2) is 46.0 Å². The highest BCUT2D eigenvalue weighted by Crippen LogP contribution is 2.15. The van der Waals surface area contributed by atoms with Gasteiger partial charge in [0.05, 0.1) is 4.90 Å². The van der Waals surface area contributed by atoms with Gasteiger partial charge in [-0.1, -0.05) is 25.1 Å². The van der Waals surface area contributed by atoms with Gasteiger partial charge in [0.15, 0.2) is 0 Å². The fourth-order valence-electron chi connectivity index (χ4n) is 1.42. The third-order valence-electron chi connectivity index (χ3n) is 2.42. The minimum atomic E-state index is -4.05. The Balaban J connectivity index is 0.000000269. The molecule has 0 fully saturated rings. The Labute approximate surface area is 112 Å². The molecule has 0 saturated heterocycles. The standard InChI is InChI=1S/C9H12O3S.C4H4S/c1-3-8-6-9(13(10,11)12)5-4-7(8)2;1-2-4-5-3-1/h4-6H,3H2,1-2H3,(H,10,11,12);1-4H. The van der Waals surface area contributed by atoms with Crippen molar-refractivity contribution in [1.82, 2.24) is 0 Å². The summed E-state index contributed by atoms with van der Waals surface area (Å²) in [5, 5.41) is 4.08. The molecular formula is C13H16O3S2. The molecule has 2 rings (SSSR count). The summed E-state index contributed by atoms with van der Waals surface area (Å²) in [7, 11) is -4.05. The molecule has 98 valence electrons. The summed E-state index contributed by atoms with van der Waals surface area (Å²) in [6.45, 7) is 3.85. The summed E-state index contributed by atoms with van der Waals surface area (Å²) in [5.74, 6) is 0. The van der Waals surface area contributed by atoms with E-state index in [2.05, 4.69) is 0 Å². The highest BCUT2D eigenvalue weighted by atomic mass is 32.2. The Morgan fingerprint density at radius 2 is 1.83 bits per heavy atom. The third-order valence-corrected chi connectivity index (χ3v) is 3.90. The molecule has 5 heteroatoms. The fraction of sp³-hybridized carbons (Fsp3) is 0.231. The van der Waals surface area contributed by atoms with Gasteiger partial charge in [0.2, 0.25) is 0 Å². The first kappa shape index (κ1) is 14.9. The van der Waals surface area contributed by atoms with E-state index < -0.39 is 10.1 Å². The Bertz CT molecular complexity index is 555. The summed E-state index contributed by atoms with van der Waals surface area (Å²) < 4.78 is 30.3. The van der Waals surface area contributed by atoms with E-state index in [1.54, 1.807) is 17.4 Å². The molecule has 2 aromatic rings. The van der Waals surface area contributed by atoms with Crippen LogP contribution in [0.4, 0.5) is 0 Å². The molecule has 0 amide bonds. The van der Waals surface area contributed by atoms with Crippen LogP contribution in [0.2, 0.25) is 0 Å². The average molecular weight is 284 g/mol. The molecule has 0 aliphatic rings. The largest absolute Gasteiger partial charge is 0.294 e. The maximum absolute atomic E-state index is 10.8. The topological polar surface area (TPSA) is 54.4 Å². The lowest BCUT2D eigenvalue weighted by atomic mass is 10.1. The molecule has 0 aliphatic carbocycles. The van der Waals surface area contributed by atoms with Crippen LogP contribution in [0.25, 0.3) is 0 Å². The monoisotopic (exact) mass is 284 g/mol. The van der Waals surface area contributed by atoms with Gasteiger partial charge in [0.1, 0.15) is 0 Å². The lowest BCUT2D eigenvalue weighted by Gasteiger charge is -2.04. The Kier molecular flexibility index (Phi) is 5.53. The minimum Gasteiger partial charge on any atom is -0.282 e. The summed E-state index contributed by atoms with van der Waals surface area (Å²) in [6.07, 6.45) is 0.759. The number of hydrogen-bond acceptors (Lipinski definition) is 3. The Hall–Kier alpha value is -1.17. The first-order valence-electron chi connectivity index (χ1n) is 5.49. The normalized spacial score (nSPS) is 10.6. The molecule has 1 aromatic carbocycles. The molecule has 0 radical (unpaired) electrons. The maximum atomic E-state index is 10.8. The van der Waals surface area contributed by atoms with Gasteiger partial charge in [-0.3, -0.25) is 4.55 Å². The second-order valence-electron chi connectivity index (χ2n) is 3.71. The zero-order valence-corrected chi connectivity index (χ0v) is 12.0. The van der Waals surface area contributed by atoms with E-state index in [1.807, 2.05) is 36.7 Å². The third kappa shape index (κ3) is 4.60. The van der Waals surface area contributed by atoms with Crippen LogP contribution in [0.3, 0.4) is 0 Å². The lowest BCUT2D eigenvalue weighted by Crippen LogP contribution is -1.99. The van der Waals surface area contributed by atoms with E-state index in [0.29, 0.717) is 0 Å². The van der Waals surface area contributed by atoms with Crippen molar-refractivity contribution in [3.05, 3.63) is 52.2 Å². The number of thiophene rings is 1. The van der Waals surface area contributed by atoms with E-state index in [1.165, 1.54) is 12.1 Å². The predicted molar refractivity (Wildman–Crippen MR) is 74.7 cm³/mol. The first-order chi connectivity index (χ1) is 8.45. The quantitative estimate of drug-likeness (QED) is 0.858. The number of hydrogen-bond donors (Lipinski definition) is 1. The molecule has 18 heavy (non-hydrogen) atoms. The smallest absolute Gasteiger partial charge is 0.282 e. The maximum Gasteiger partial charge on any atom is 0.294 e. The second kappa shape index (κ2) is 6.68. The zero-order chi connectivity index (χ0) is 13.6. The number of benzene rings is 1. The molecule has 0 atom stereocenters. The summed E-state index contributed by atoms with van der Waals surface area (Å²) in [6, 6.07) is 8.64. The van der Waals surface area contributed by atoms with E-state index in [4.69, 9.17) is 4.55 Å². The Morgan fingerprint density at radius 3 is 2.22 bits per heavy atom. The molecule has 0 saturated carbocycles. The first-order valence-corrected chi connectivity index (χ1v) is 7.87. The molecule has 1 heterocycles. The van der Waals surface area contributed by atoms with Crippen LogP contribution < -0.4 is 0 Å². The van der Waals surface area contributed by atoms with Crippen LogP contribution in [-0.4, -0.2) is 13.0 Å². The molecule has 1 N–H and O–H groups in total. The van der Waals surface area contributed by atoms with Crippen LogP contribution in [0.5, 0.6) is 0 Å².